The Kier molecular flexibility index (Phi) is 6.08. The monoisotopic (exact) mass is 445 g/mol. The molecule has 0 radical (unpaired) electrons. The minimum atomic E-state index is -0.948. The first-order chi connectivity index (χ1) is 15.9. The molecule has 1 aliphatic rings. The Labute approximate surface area is 190 Å². The Hall–Kier alpha value is -4.20. The van der Waals surface area contributed by atoms with Crippen molar-refractivity contribution in [2.45, 2.75) is 26.7 Å². The third-order valence-corrected chi connectivity index (χ3v) is 5.59. The molecular formula is C25H23N3O5. The lowest BCUT2D eigenvalue weighted by atomic mass is 9.94. The Morgan fingerprint density at radius 1 is 1.18 bits per heavy atom. The molecule has 0 bridgehead atoms. The van der Waals surface area contributed by atoms with Gasteiger partial charge in [-0.25, -0.2) is 4.79 Å². The summed E-state index contributed by atoms with van der Waals surface area (Å²) >= 11 is 0. The molecule has 3 N–H and O–H groups in total. The number of pyridine rings is 1. The summed E-state index contributed by atoms with van der Waals surface area (Å²) in [5.41, 5.74) is 5.66. The fraction of sp³-hybridized carbons (Fsp3) is 0.200. The van der Waals surface area contributed by atoms with Crippen molar-refractivity contribution in [3.8, 4) is 11.1 Å². The standard InChI is InChI=1S/C25H23N3O5/c1-3-33-25(32)23-14(2)16(7-8-21(29)30)20(27-23)13-18-22-17(15-9-11-26-12-10-15)5-4-6-19(22)28-24(18)31/h4-6,9-13,27H,3,7-8H2,1-2H3,(H,28,31)(H,29,30). The van der Waals surface area contributed by atoms with Gasteiger partial charge in [-0.2, -0.15) is 0 Å². The molecule has 1 amide bonds. The van der Waals surface area contributed by atoms with Gasteiger partial charge in [0, 0.05) is 35.8 Å². The molecule has 0 fully saturated rings. The zero-order valence-electron chi connectivity index (χ0n) is 18.3. The van der Waals surface area contributed by atoms with Gasteiger partial charge >= 0.3 is 11.9 Å². The van der Waals surface area contributed by atoms with E-state index < -0.39 is 11.9 Å². The highest BCUT2D eigenvalue weighted by Crippen LogP contribution is 2.40. The molecule has 4 rings (SSSR count). The summed E-state index contributed by atoms with van der Waals surface area (Å²) in [5.74, 6) is -1.75. The fourth-order valence-electron chi connectivity index (χ4n) is 4.05. The Morgan fingerprint density at radius 3 is 2.64 bits per heavy atom. The highest BCUT2D eigenvalue weighted by atomic mass is 16.5. The molecular weight excluding hydrogens is 422 g/mol. The number of nitrogens with one attached hydrogen (secondary N) is 2. The number of fused-ring (bicyclic) bond motifs is 1. The Balaban J connectivity index is 1.87. The molecule has 0 atom stereocenters. The van der Waals surface area contributed by atoms with Crippen LogP contribution in [0.15, 0.2) is 42.7 Å². The number of ether oxygens (including phenoxy) is 1. The van der Waals surface area contributed by atoms with E-state index in [1.165, 1.54) is 0 Å². The number of amides is 1. The third kappa shape index (κ3) is 4.27. The second-order valence-corrected chi connectivity index (χ2v) is 7.61. The molecule has 168 valence electrons. The van der Waals surface area contributed by atoms with E-state index in [4.69, 9.17) is 4.74 Å². The molecule has 33 heavy (non-hydrogen) atoms. The van der Waals surface area contributed by atoms with Crippen molar-refractivity contribution in [1.82, 2.24) is 9.97 Å². The molecule has 8 heteroatoms. The molecule has 0 saturated heterocycles. The van der Waals surface area contributed by atoms with Gasteiger partial charge in [0.25, 0.3) is 5.91 Å². The summed E-state index contributed by atoms with van der Waals surface area (Å²) in [5, 5.41) is 12.1. The molecule has 1 aromatic carbocycles. The minimum absolute atomic E-state index is 0.109. The number of hydrogen-bond acceptors (Lipinski definition) is 5. The van der Waals surface area contributed by atoms with Crippen molar-refractivity contribution < 1.29 is 24.2 Å². The van der Waals surface area contributed by atoms with Crippen molar-refractivity contribution in [3.05, 3.63) is 70.8 Å². The lowest BCUT2D eigenvalue weighted by Gasteiger charge is -2.08. The maximum Gasteiger partial charge on any atom is 0.355 e. The summed E-state index contributed by atoms with van der Waals surface area (Å²) in [7, 11) is 0. The smallest absolute Gasteiger partial charge is 0.355 e. The first kappa shape index (κ1) is 22.0. The van der Waals surface area contributed by atoms with Gasteiger partial charge in [0.05, 0.1) is 12.2 Å². The number of hydrogen-bond donors (Lipinski definition) is 3. The first-order valence-corrected chi connectivity index (χ1v) is 10.6. The van der Waals surface area contributed by atoms with Crippen LogP contribution in [0.1, 0.15) is 46.2 Å². The van der Waals surface area contributed by atoms with Crippen LogP contribution in [0.25, 0.3) is 22.8 Å². The van der Waals surface area contributed by atoms with Gasteiger partial charge in [-0.15, -0.1) is 0 Å². The number of carbonyl (C=O) groups excluding carboxylic acids is 2. The normalized spacial score (nSPS) is 13.6. The average molecular weight is 445 g/mol. The van der Waals surface area contributed by atoms with Crippen LogP contribution in [-0.4, -0.2) is 39.5 Å². The Morgan fingerprint density at radius 2 is 1.94 bits per heavy atom. The largest absolute Gasteiger partial charge is 0.481 e. The highest BCUT2D eigenvalue weighted by Gasteiger charge is 2.29. The van der Waals surface area contributed by atoms with Crippen molar-refractivity contribution in [2.75, 3.05) is 11.9 Å². The summed E-state index contributed by atoms with van der Waals surface area (Å²) in [6.45, 7) is 3.67. The second kappa shape index (κ2) is 9.12. The van der Waals surface area contributed by atoms with E-state index in [-0.39, 0.29) is 31.0 Å². The lowest BCUT2D eigenvalue weighted by molar-refractivity contribution is -0.137. The zero-order valence-corrected chi connectivity index (χ0v) is 18.3. The maximum atomic E-state index is 12.9. The summed E-state index contributed by atoms with van der Waals surface area (Å²) in [6.07, 6.45) is 5.15. The predicted molar refractivity (Wildman–Crippen MR) is 124 cm³/mol. The topological polar surface area (TPSA) is 121 Å². The van der Waals surface area contributed by atoms with Crippen LogP contribution >= 0.6 is 0 Å². The highest BCUT2D eigenvalue weighted by molar-refractivity contribution is 6.36. The number of nitrogens with zero attached hydrogens (tertiary/aromatic N) is 1. The summed E-state index contributed by atoms with van der Waals surface area (Å²) < 4.78 is 5.13. The van der Waals surface area contributed by atoms with E-state index in [2.05, 4.69) is 15.3 Å². The number of aromatic amines is 1. The fourth-order valence-corrected chi connectivity index (χ4v) is 4.05. The van der Waals surface area contributed by atoms with Crippen molar-refractivity contribution in [1.29, 1.82) is 0 Å². The number of H-pyrrole nitrogens is 1. The number of rotatable bonds is 7. The van der Waals surface area contributed by atoms with E-state index in [9.17, 15) is 19.5 Å². The number of aliphatic carboxylic acids is 1. The number of carbonyl (C=O) groups is 3. The maximum absolute atomic E-state index is 12.9. The molecule has 0 saturated carbocycles. The number of carboxylic acids is 1. The van der Waals surface area contributed by atoms with Gasteiger partial charge in [-0.1, -0.05) is 12.1 Å². The summed E-state index contributed by atoms with van der Waals surface area (Å²) in [6, 6.07) is 9.36. The van der Waals surface area contributed by atoms with Gasteiger partial charge in [-0.05, 0) is 66.8 Å². The number of benzene rings is 1. The van der Waals surface area contributed by atoms with Gasteiger partial charge in [0.2, 0.25) is 0 Å². The third-order valence-electron chi connectivity index (χ3n) is 5.59. The molecule has 0 spiro atoms. The van der Waals surface area contributed by atoms with Crippen molar-refractivity contribution in [2.24, 2.45) is 0 Å². The van der Waals surface area contributed by atoms with Gasteiger partial charge in [0.1, 0.15) is 5.69 Å². The van der Waals surface area contributed by atoms with Crippen LogP contribution in [0.5, 0.6) is 0 Å². The van der Waals surface area contributed by atoms with E-state index in [1.54, 1.807) is 32.3 Å². The number of aromatic nitrogens is 2. The lowest BCUT2D eigenvalue weighted by Crippen LogP contribution is -2.07. The molecule has 1 aliphatic heterocycles. The van der Waals surface area contributed by atoms with Crippen molar-refractivity contribution >= 4 is 35.2 Å². The van der Waals surface area contributed by atoms with Crippen LogP contribution in [0.4, 0.5) is 5.69 Å². The van der Waals surface area contributed by atoms with Gasteiger partial charge in [0.15, 0.2) is 0 Å². The van der Waals surface area contributed by atoms with E-state index >= 15 is 0 Å². The predicted octanol–water partition coefficient (Wildman–Crippen LogP) is 4.07. The number of esters is 1. The van der Waals surface area contributed by atoms with E-state index in [1.807, 2.05) is 30.3 Å². The molecule has 3 heterocycles. The van der Waals surface area contributed by atoms with Crippen LogP contribution in [0.3, 0.4) is 0 Å². The van der Waals surface area contributed by atoms with Crippen LogP contribution < -0.4 is 5.32 Å². The number of carboxylic acid groups (broad SMARTS) is 1. The second-order valence-electron chi connectivity index (χ2n) is 7.61. The molecule has 0 aliphatic carbocycles. The van der Waals surface area contributed by atoms with E-state index in [0.717, 1.165) is 16.7 Å². The Bertz CT molecular complexity index is 1270. The molecule has 3 aromatic rings. The SMILES string of the molecule is CCOC(=O)c1[nH]c(C=C2C(=O)Nc3cccc(-c4ccncc4)c32)c(CCC(=O)O)c1C. The average Bonchev–Trinajstić information content (AvgIpc) is 3.29. The van der Waals surface area contributed by atoms with Gasteiger partial charge in [-0.3, -0.25) is 14.6 Å². The van der Waals surface area contributed by atoms with E-state index in [0.29, 0.717) is 28.1 Å². The molecule has 8 nitrogen and oxygen atoms in total. The first-order valence-electron chi connectivity index (χ1n) is 10.6. The van der Waals surface area contributed by atoms with Crippen LogP contribution in [0, 0.1) is 6.92 Å². The summed E-state index contributed by atoms with van der Waals surface area (Å²) in [4.78, 5) is 43.7. The number of anilines is 1. The molecule has 2 aromatic heterocycles. The van der Waals surface area contributed by atoms with Crippen LogP contribution in [-0.2, 0) is 20.7 Å². The molecule has 0 unspecified atom stereocenters. The zero-order chi connectivity index (χ0) is 23.5. The minimum Gasteiger partial charge on any atom is -0.481 e. The quantitative estimate of drug-likeness (QED) is 0.372. The van der Waals surface area contributed by atoms with Gasteiger partial charge < -0.3 is 20.1 Å². The van der Waals surface area contributed by atoms with Crippen LogP contribution in [0.2, 0.25) is 0 Å². The van der Waals surface area contributed by atoms with Crippen molar-refractivity contribution in [3.63, 3.8) is 0 Å².